The van der Waals surface area contributed by atoms with Crippen molar-refractivity contribution in [2.75, 3.05) is 33.4 Å². The minimum Gasteiger partial charge on any atom is -0.461 e. The lowest BCUT2D eigenvalue weighted by molar-refractivity contribution is -0.151. The molecule has 202 valence electrons. The van der Waals surface area contributed by atoms with Crippen LogP contribution < -0.4 is 14.9 Å². The molecule has 1 aromatic carbocycles. The maximum atomic E-state index is 12.3. The van der Waals surface area contributed by atoms with Gasteiger partial charge in [-0.05, 0) is 19.1 Å². The second kappa shape index (κ2) is 17.5. The molecule has 0 saturated carbocycles. The average Bonchev–Trinajstić information content (AvgIpc) is 2.90. The Morgan fingerprint density at radius 2 is 2.03 bits per heavy atom. The highest BCUT2D eigenvalue weighted by Crippen LogP contribution is 2.35. The smallest absolute Gasteiger partial charge is 0.320 e. The molecule has 1 aliphatic heterocycles. The largest absolute Gasteiger partial charge is 0.461 e. The molecule has 0 spiro atoms. The fourth-order valence-electron chi connectivity index (χ4n) is 3.05. The first-order chi connectivity index (χ1) is 17.9. The minimum atomic E-state index is -1.73. The quantitative estimate of drug-likeness (QED) is 0.0812. The van der Waals surface area contributed by atoms with E-state index in [0.717, 1.165) is 0 Å². The third kappa shape index (κ3) is 12.7. The lowest BCUT2D eigenvalue weighted by atomic mass is 10.2. The molecule has 2 rings (SSSR count). The van der Waals surface area contributed by atoms with Gasteiger partial charge in [0.2, 0.25) is 6.41 Å². The molecule has 1 saturated heterocycles. The number of rotatable bonds is 16. The number of para-hydroxylation sites is 1. The van der Waals surface area contributed by atoms with Crippen molar-refractivity contribution in [3.05, 3.63) is 42.6 Å². The van der Waals surface area contributed by atoms with Crippen molar-refractivity contribution in [3.63, 3.8) is 0 Å². The number of nitrogens with zero attached hydrogens (tertiary/aromatic N) is 1. The van der Waals surface area contributed by atoms with E-state index in [1.807, 2.05) is 23.5 Å². The van der Waals surface area contributed by atoms with Crippen molar-refractivity contribution < 1.29 is 37.6 Å². The standard InChI is InChI=1S/C25H34N3O8P/c1-4-8-23(34-20(2)28(3)14-11-24(30)26-19-29)18-33-37(36-22-9-6-5-7-10-22)27-17-25(31)35-21-12-15-32-16-13-21/h1,5-7,9-11,14,19-21,23,27H,8,12-13,15-18H2,2-3H3,(H,26,29,30)/b14-11-. The van der Waals surface area contributed by atoms with Crippen molar-refractivity contribution >= 4 is 26.8 Å². The Morgan fingerprint density at radius 1 is 1.30 bits per heavy atom. The summed E-state index contributed by atoms with van der Waals surface area (Å²) >= 11 is 0. The fraction of sp³-hybridized carbons (Fsp3) is 0.480. The number of hydrogen-bond donors (Lipinski definition) is 2. The molecule has 1 heterocycles. The fourth-order valence-corrected chi connectivity index (χ4v) is 4.13. The molecular formula is C25H34N3O8P. The highest BCUT2D eigenvalue weighted by atomic mass is 31.2. The zero-order chi connectivity index (χ0) is 26.9. The first-order valence-corrected chi connectivity index (χ1v) is 13.0. The van der Waals surface area contributed by atoms with Crippen LogP contribution in [0.3, 0.4) is 0 Å². The van der Waals surface area contributed by atoms with E-state index in [2.05, 4.69) is 11.0 Å². The van der Waals surface area contributed by atoms with Gasteiger partial charge >= 0.3 is 14.5 Å². The lowest BCUT2D eigenvalue weighted by Crippen LogP contribution is -2.34. The zero-order valence-corrected chi connectivity index (χ0v) is 21.9. The maximum Gasteiger partial charge on any atom is 0.320 e. The van der Waals surface area contributed by atoms with Gasteiger partial charge in [-0.1, -0.05) is 18.2 Å². The van der Waals surface area contributed by atoms with Gasteiger partial charge in [0, 0.05) is 38.6 Å². The molecule has 37 heavy (non-hydrogen) atoms. The summed E-state index contributed by atoms with van der Waals surface area (Å²) in [5.41, 5.74) is 0. The Kier molecular flexibility index (Phi) is 14.3. The predicted molar refractivity (Wildman–Crippen MR) is 137 cm³/mol. The van der Waals surface area contributed by atoms with E-state index < -0.39 is 32.7 Å². The molecule has 0 bridgehead atoms. The van der Waals surface area contributed by atoms with Crippen molar-refractivity contribution in [3.8, 4) is 18.1 Å². The molecule has 12 heteroatoms. The number of carbonyl (C=O) groups is 3. The van der Waals surface area contributed by atoms with Crippen LogP contribution in [0.15, 0.2) is 42.6 Å². The van der Waals surface area contributed by atoms with Crippen LogP contribution in [0.1, 0.15) is 26.2 Å². The first-order valence-electron chi connectivity index (χ1n) is 11.8. The SMILES string of the molecule is C#CCC(COP(NCC(=O)OC1CCOCC1)Oc1ccccc1)OC(C)N(C)/C=C\C(=O)NC=O. The minimum absolute atomic E-state index is 0.0816. The van der Waals surface area contributed by atoms with Crippen LogP contribution in [-0.2, 0) is 33.1 Å². The molecule has 2 amide bonds. The molecular weight excluding hydrogens is 501 g/mol. The monoisotopic (exact) mass is 535 g/mol. The van der Waals surface area contributed by atoms with Crippen LogP contribution in [0.25, 0.3) is 0 Å². The van der Waals surface area contributed by atoms with E-state index in [4.69, 9.17) is 29.7 Å². The zero-order valence-electron chi connectivity index (χ0n) is 21.0. The molecule has 0 aliphatic carbocycles. The maximum absolute atomic E-state index is 12.3. The van der Waals surface area contributed by atoms with Gasteiger partial charge < -0.3 is 28.2 Å². The van der Waals surface area contributed by atoms with Crippen LogP contribution in [-0.4, -0.2) is 75.0 Å². The molecule has 1 aromatic rings. The third-order valence-electron chi connectivity index (χ3n) is 5.10. The van der Waals surface area contributed by atoms with Gasteiger partial charge in [0.15, 0.2) is 0 Å². The molecule has 11 nitrogen and oxygen atoms in total. The molecule has 0 radical (unpaired) electrons. The Balaban J connectivity index is 1.93. The summed E-state index contributed by atoms with van der Waals surface area (Å²) in [6, 6.07) is 9.07. The van der Waals surface area contributed by atoms with Crippen molar-refractivity contribution in [2.24, 2.45) is 0 Å². The number of amides is 2. The van der Waals surface area contributed by atoms with Gasteiger partial charge in [-0.15, -0.1) is 12.3 Å². The highest BCUT2D eigenvalue weighted by molar-refractivity contribution is 7.45. The van der Waals surface area contributed by atoms with E-state index >= 15 is 0 Å². The van der Waals surface area contributed by atoms with E-state index in [1.54, 1.807) is 31.0 Å². The van der Waals surface area contributed by atoms with Gasteiger partial charge in [-0.25, -0.2) is 5.09 Å². The predicted octanol–water partition coefficient (Wildman–Crippen LogP) is 2.09. The van der Waals surface area contributed by atoms with Crippen molar-refractivity contribution in [1.82, 2.24) is 15.3 Å². The van der Waals surface area contributed by atoms with Gasteiger partial charge in [-0.3, -0.25) is 19.7 Å². The van der Waals surface area contributed by atoms with E-state index in [1.165, 1.54) is 12.3 Å². The second-order valence-corrected chi connectivity index (χ2v) is 9.24. The van der Waals surface area contributed by atoms with E-state index in [-0.39, 0.29) is 25.7 Å². The van der Waals surface area contributed by atoms with Crippen LogP contribution in [0, 0.1) is 12.3 Å². The van der Waals surface area contributed by atoms with E-state index in [0.29, 0.717) is 38.2 Å². The summed E-state index contributed by atoms with van der Waals surface area (Å²) in [6.45, 7) is 2.91. The second-order valence-electron chi connectivity index (χ2n) is 7.97. The molecule has 0 aromatic heterocycles. The topological polar surface area (TPSA) is 125 Å². The number of nitrogens with one attached hydrogen (secondary N) is 2. The highest BCUT2D eigenvalue weighted by Gasteiger charge is 2.23. The number of carbonyl (C=O) groups excluding carboxylic acids is 3. The summed E-state index contributed by atoms with van der Waals surface area (Å²) in [5, 5.41) is 5.01. The Hall–Kier alpha value is -3.00. The summed E-state index contributed by atoms with van der Waals surface area (Å²) in [6.07, 6.45) is 8.99. The van der Waals surface area contributed by atoms with Crippen LogP contribution >= 0.6 is 8.53 Å². The number of benzene rings is 1. The normalized spacial score (nSPS) is 16.2. The molecule has 2 N–H and O–H groups in total. The third-order valence-corrected chi connectivity index (χ3v) is 6.28. The summed E-state index contributed by atoms with van der Waals surface area (Å²) in [4.78, 5) is 35.8. The van der Waals surface area contributed by atoms with Crippen molar-refractivity contribution in [2.45, 2.75) is 44.6 Å². The van der Waals surface area contributed by atoms with Crippen LogP contribution in [0.5, 0.6) is 5.75 Å². The number of imide groups is 1. The first kappa shape index (κ1) is 30.2. The van der Waals surface area contributed by atoms with Gasteiger partial charge in [0.25, 0.3) is 5.91 Å². The molecule has 1 aliphatic rings. The Labute approximate surface area is 218 Å². The summed E-state index contributed by atoms with van der Waals surface area (Å²) in [5.74, 6) is 2.18. The van der Waals surface area contributed by atoms with Crippen LogP contribution in [0.4, 0.5) is 0 Å². The van der Waals surface area contributed by atoms with Gasteiger partial charge in [0.05, 0.1) is 25.9 Å². The summed E-state index contributed by atoms with van der Waals surface area (Å²) in [7, 11) is -0.0250. The van der Waals surface area contributed by atoms with Crippen molar-refractivity contribution in [1.29, 1.82) is 0 Å². The van der Waals surface area contributed by atoms with Gasteiger partial charge in [0.1, 0.15) is 24.6 Å². The molecule has 3 atom stereocenters. The average molecular weight is 536 g/mol. The number of terminal acetylenes is 1. The van der Waals surface area contributed by atoms with Gasteiger partial charge in [-0.2, -0.15) is 0 Å². The van der Waals surface area contributed by atoms with E-state index in [9.17, 15) is 14.4 Å². The number of ether oxygens (including phenoxy) is 3. The Bertz CT molecular complexity index is 905. The van der Waals surface area contributed by atoms with Crippen LogP contribution in [0.2, 0.25) is 0 Å². The summed E-state index contributed by atoms with van der Waals surface area (Å²) < 4.78 is 28.7. The number of esters is 1. The molecule has 1 fully saturated rings. The lowest BCUT2D eigenvalue weighted by Gasteiger charge is -2.28. The number of hydrogen-bond acceptors (Lipinski definition) is 10. The molecule has 3 unspecified atom stereocenters. The Morgan fingerprint density at radius 3 is 2.70 bits per heavy atom.